The maximum absolute atomic E-state index is 14.6. The van der Waals surface area contributed by atoms with Gasteiger partial charge in [0.25, 0.3) is 0 Å². The van der Waals surface area contributed by atoms with Crippen LogP contribution in [0.3, 0.4) is 0 Å². The molecule has 2 saturated heterocycles. The highest BCUT2D eigenvalue weighted by Crippen LogP contribution is 2.24. The van der Waals surface area contributed by atoms with E-state index in [1.807, 2.05) is 17.0 Å². The lowest BCUT2D eigenvalue weighted by molar-refractivity contribution is 0.577. The van der Waals surface area contributed by atoms with E-state index < -0.39 is 0 Å². The van der Waals surface area contributed by atoms with Crippen LogP contribution in [0.15, 0.2) is 66.9 Å². The summed E-state index contributed by atoms with van der Waals surface area (Å²) >= 11 is 0. The zero-order valence-corrected chi connectivity index (χ0v) is 17.6. The molecule has 2 fully saturated rings. The minimum absolute atomic E-state index is 0.347. The van der Waals surface area contributed by atoms with Crippen molar-refractivity contribution in [1.82, 2.24) is 9.97 Å². The molecule has 0 saturated carbocycles. The third-order valence-electron chi connectivity index (χ3n) is 6.10. The van der Waals surface area contributed by atoms with Crippen LogP contribution in [-0.2, 0) is 0 Å². The third kappa shape index (κ3) is 4.26. The van der Waals surface area contributed by atoms with E-state index in [1.165, 1.54) is 17.6 Å². The van der Waals surface area contributed by atoms with Crippen molar-refractivity contribution < 1.29 is 4.39 Å². The highest BCUT2D eigenvalue weighted by Gasteiger charge is 2.24. The third-order valence-corrected chi connectivity index (χ3v) is 6.10. The Morgan fingerprint density at radius 1 is 0.581 bits per heavy atom. The number of hydrogen-bond acceptors (Lipinski definition) is 6. The molecule has 0 radical (unpaired) electrons. The molecule has 6 nitrogen and oxygen atoms in total. The van der Waals surface area contributed by atoms with E-state index in [2.05, 4.69) is 73.2 Å². The van der Waals surface area contributed by atoms with E-state index >= 15 is 0 Å². The molecule has 2 aliphatic rings. The first-order valence-electron chi connectivity index (χ1n) is 10.9. The number of piperazine rings is 2. The first-order chi connectivity index (χ1) is 15.3. The second-order valence-corrected chi connectivity index (χ2v) is 7.96. The molecular weight excluding hydrogens is 391 g/mol. The quantitative estimate of drug-likeness (QED) is 0.648. The van der Waals surface area contributed by atoms with Gasteiger partial charge in [-0.1, -0.05) is 36.4 Å². The van der Waals surface area contributed by atoms with Gasteiger partial charge in [-0.3, -0.25) is 0 Å². The van der Waals surface area contributed by atoms with E-state index in [-0.39, 0.29) is 5.82 Å². The largest absolute Gasteiger partial charge is 0.368 e. The zero-order chi connectivity index (χ0) is 21.0. The Labute approximate surface area is 182 Å². The topological polar surface area (TPSA) is 38.7 Å². The zero-order valence-electron chi connectivity index (χ0n) is 17.6. The van der Waals surface area contributed by atoms with Crippen LogP contribution in [0.2, 0.25) is 0 Å². The maximum Gasteiger partial charge on any atom is 0.227 e. The smallest absolute Gasteiger partial charge is 0.227 e. The fraction of sp³-hybridized carbons (Fsp3) is 0.333. The van der Waals surface area contributed by atoms with Crippen LogP contribution in [0, 0.1) is 5.82 Å². The number of para-hydroxylation sites is 2. The van der Waals surface area contributed by atoms with Crippen LogP contribution < -0.4 is 19.6 Å². The average Bonchev–Trinajstić information content (AvgIpc) is 2.86. The van der Waals surface area contributed by atoms with Crippen LogP contribution in [0.25, 0.3) is 0 Å². The summed E-state index contributed by atoms with van der Waals surface area (Å²) < 4.78 is 14.6. The van der Waals surface area contributed by atoms with Crippen LogP contribution in [-0.4, -0.2) is 62.3 Å². The molecule has 31 heavy (non-hydrogen) atoms. The first-order valence-corrected chi connectivity index (χ1v) is 10.9. The lowest BCUT2D eigenvalue weighted by Gasteiger charge is -2.38. The Balaban J connectivity index is 1.24. The van der Waals surface area contributed by atoms with Gasteiger partial charge in [0.2, 0.25) is 5.95 Å². The summed E-state index contributed by atoms with van der Waals surface area (Å²) in [6.07, 6.45) is 1.32. The van der Waals surface area contributed by atoms with Gasteiger partial charge in [-0.05, 0) is 24.3 Å². The Kier molecular flexibility index (Phi) is 5.56. The van der Waals surface area contributed by atoms with Gasteiger partial charge in [-0.2, -0.15) is 4.98 Å². The van der Waals surface area contributed by atoms with Crippen molar-refractivity contribution in [3.8, 4) is 0 Å². The molecule has 0 atom stereocenters. The molecule has 3 heterocycles. The van der Waals surface area contributed by atoms with Crippen molar-refractivity contribution in [3.05, 3.63) is 72.7 Å². The summed E-state index contributed by atoms with van der Waals surface area (Å²) in [5.74, 6) is 0.692. The predicted octanol–water partition coefficient (Wildman–Crippen LogP) is 3.27. The van der Waals surface area contributed by atoms with Gasteiger partial charge in [0, 0.05) is 63.7 Å². The van der Waals surface area contributed by atoms with Crippen molar-refractivity contribution in [1.29, 1.82) is 0 Å². The second kappa shape index (κ2) is 8.79. The average molecular weight is 419 g/mol. The van der Waals surface area contributed by atoms with E-state index in [0.717, 1.165) is 52.4 Å². The van der Waals surface area contributed by atoms with E-state index in [4.69, 9.17) is 0 Å². The summed E-state index contributed by atoms with van der Waals surface area (Å²) in [5.41, 5.74) is 2.45. The molecule has 0 amide bonds. The predicted molar refractivity (Wildman–Crippen MR) is 124 cm³/mol. The highest BCUT2D eigenvalue weighted by molar-refractivity contribution is 5.52. The minimum atomic E-state index is -0.347. The van der Waals surface area contributed by atoms with E-state index in [1.54, 1.807) is 0 Å². The molecular formula is C24H27FN6. The van der Waals surface area contributed by atoms with Crippen LogP contribution in [0.5, 0.6) is 0 Å². The monoisotopic (exact) mass is 418 g/mol. The summed E-state index contributed by atoms with van der Waals surface area (Å²) in [5, 5.41) is 0. The van der Waals surface area contributed by atoms with E-state index in [0.29, 0.717) is 11.8 Å². The van der Waals surface area contributed by atoms with Gasteiger partial charge in [0.05, 0.1) is 6.20 Å². The number of halogens is 1. The van der Waals surface area contributed by atoms with Crippen molar-refractivity contribution in [2.75, 3.05) is 72.0 Å². The van der Waals surface area contributed by atoms with Crippen LogP contribution in [0.1, 0.15) is 0 Å². The Morgan fingerprint density at radius 3 is 1.55 bits per heavy atom. The lowest BCUT2D eigenvalue weighted by atomic mass is 10.2. The Hall–Kier alpha value is -3.35. The molecule has 7 heteroatoms. The first kappa shape index (κ1) is 19.6. The molecule has 160 valence electrons. The molecule has 2 aliphatic heterocycles. The van der Waals surface area contributed by atoms with Gasteiger partial charge in [0.15, 0.2) is 11.6 Å². The molecule has 3 aromatic rings. The second-order valence-electron chi connectivity index (χ2n) is 7.96. The molecule has 2 aromatic carbocycles. The summed E-state index contributed by atoms with van der Waals surface area (Å²) in [7, 11) is 0. The normalized spacial score (nSPS) is 17.2. The molecule has 0 bridgehead atoms. The van der Waals surface area contributed by atoms with Crippen molar-refractivity contribution in [2.45, 2.75) is 0 Å². The van der Waals surface area contributed by atoms with Crippen LogP contribution >= 0.6 is 0 Å². The molecule has 0 spiro atoms. The summed E-state index contributed by atoms with van der Waals surface area (Å²) in [6.45, 7) is 6.61. The van der Waals surface area contributed by atoms with Gasteiger partial charge in [-0.25, -0.2) is 9.37 Å². The van der Waals surface area contributed by atoms with Gasteiger partial charge in [-0.15, -0.1) is 0 Å². The molecule has 0 N–H and O–H groups in total. The highest BCUT2D eigenvalue weighted by atomic mass is 19.1. The number of benzene rings is 2. The number of aromatic nitrogens is 2. The fourth-order valence-electron chi connectivity index (χ4n) is 4.34. The number of anilines is 4. The van der Waals surface area contributed by atoms with Crippen LogP contribution in [0.4, 0.5) is 27.5 Å². The summed E-state index contributed by atoms with van der Waals surface area (Å²) in [6, 6.07) is 20.8. The number of hydrogen-bond donors (Lipinski definition) is 0. The van der Waals surface area contributed by atoms with Crippen molar-refractivity contribution in [2.24, 2.45) is 0 Å². The van der Waals surface area contributed by atoms with Crippen molar-refractivity contribution >= 4 is 23.1 Å². The SMILES string of the molecule is Fc1cnc(N2CCN(c3ccccc3)CC2)nc1N1CCN(c2ccccc2)CC1. The van der Waals surface area contributed by atoms with Gasteiger partial charge < -0.3 is 19.6 Å². The Morgan fingerprint density at radius 2 is 1.03 bits per heavy atom. The Bertz CT molecular complexity index is 983. The number of nitrogens with zero attached hydrogens (tertiary/aromatic N) is 6. The van der Waals surface area contributed by atoms with Gasteiger partial charge in [0.1, 0.15) is 0 Å². The standard InChI is InChI=1S/C24H27FN6/c25-22-19-26-24(31-17-13-29(14-18-31)21-9-5-2-6-10-21)27-23(22)30-15-11-28(12-16-30)20-7-3-1-4-8-20/h1-10,19H,11-18H2. The lowest BCUT2D eigenvalue weighted by Crippen LogP contribution is -2.48. The van der Waals surface area contributed by atoms with Crippen molar-refractivity contribution in [3.63, 3.8) is 0 Å². The summed E-state index contributed by atoms with van der Waals surface area (Å²) in [4.78, 5) is 17.8. The molecule has 0 unspecified atom stereocenters. The van der Waals surface area contributed by atoms with E-state index in [9.17, 15) is 4.39 Å². The molecule has 0 aliphatic carbocycles. The van der Waals surface area contributed by atoms with Gasteiger partial charge >= 0.3 is 0 Å². The molecule has 5 rings (SSSR count). The number of rotatable bonds is 4. The fourth-order valence-corrected chi connectivity index (χ4v) is 4.34. The maximum atomic E-state index is 14.6. The minimum Gasteiger partial charge on any atom is -0.368 e. The molecule has 1 aromatic heterocycles.